The fraction of sp³-hybridized carbons (Fsp3) is 0.364. The quantitative estimate of drug-likeness (QED) is 0.137. The fourth-order valence-corrected chi connectivity index (χ4v) is 16.7. The van der Waals surface area contributed by atoms with Crippen LogP contribution >= 0.6 is 15.0 Å². The van der Waals surface area contributed by atoms with Crippen molar-refractivity contribution in [3.63, 3.8) is 0 Å². The van der Waals surface area contributed by atoms with Crippen LogP contribution in [-0.4, -0.2) is 46.3 Å². The van der Waals surface area contributed by atoms with Gasteiger partial charge in [0.1, 0.15) is 0 Å². The summed E-state index contributed by atoms with van der Waals surface area (Å²) < 4.78 is 49.8. The molecule has 0 radical (unpaired) electrons. The Labute approximate surface area is 349 Å². The molecule has 2 atom stereocenters. The van der Waals surface area contributed by atoms with Crippen molar-refractivity contribution < 1.29 is 55.4 Å². The van der Waals surface area contributed by atoms with Gasteiger partial charge in [0.05, 0.1) is 0 Å². The summed E-state index contributed by atoms with van der Waals surface area (Å²) in [7, 11) is -10.0. The Kier molecular flexibility index (Phi) is 9.60. The summed E-state index contributed by atoms with van der Waals surface area (Å²) in [6.45, 7) is 12.5. The zero-order valence-electron chi connectivity index (χ0n) is 34.8. The Bertz CT molecular complexity index is 2130. The van der Waals surface area contributed by atoms with Crippen molar-refractivity contribution in [2.75, 3.05) is 10.6 Å². The molecule has 0 aliphatic carbocycles. The SMILES string of the molecule is CC1(C)OP2(C(Nc3ccc(CCc4ccc(NC(c5ccccc5)P56(OC(=O)C(C)(C)O5)OC(=O)C(C)(C)O6)cc4)cc3)c3ccccc3)(OC1=O)OC(=O)C(C)(C)O2. The second-order valence-corrected chi connectivity index (χ2v) is 23.4. The third-order valence-corrected chi connectivity index (χ3v) is 18.5. The molecule has 60 heavy (non-hydrogen) atoms. The van der Waals surface area contributed by atoms with E-state index in [2.05, 4.69) is 10.6 Å². The number of nitrogens with one attached hydrogen (secondary N) is 2. The molecule has 2 N–H and O–H groups in total. The fourth-order valence-electron chi connectivity index (χ4n) is 7.75. The third kappa shape index (κ3) is 6.93. The van der Waals surface area contributed by atoms with E-state index in [1.807, 2.05) is 109 Å². The van der Waals surface area contributed by atoms with Crippen molar-refractivity contribution in [3.8, 4) is 0 Å². The van der Waals surface area contributed by atoms with Crippen molar-refractivity contribution in [2.45, 2.75) is 102 Å². The van der Waals surface area contributed by atoms with Crippen LogP contribution in [0.15, 0.2) is 109 Å². The van der Waals surface area contributed by atoms with Crippen LogP contribution in [-0.2, 0) is 68.2 Å². The van der Waals surface area contributed by atoms with E-state index in [4.69, 9.17) is 36.2 Å². The molecule has 4 aliphatic rings. The number of rotatable bonds is 11. The Hall–Kier alpha value is -4.94. The first kappa shape index (κ1) is 41.8. The zero-order valence-corrected chi connectivity index (χ0v) is 36.5. The van der Waals surface area contributed by atoms with Gasteiger partial charge in [-0.05, 0) is 0 Å². The molecular formula is C44H50N2O12P2. The molecule has 0 saturated carbocycles. The van der Waals surface area contributed by atoms with Gasteiger partial charge < -0.3 is 0 Å². The molecule has 8 rings (SSSR count). The molecule has 0 aromatic heterocycles. The number of carbonyl (C=O) groups is 4. The van der Waals surface area contributed by atoms with E-state index in [1.165, 1.54) is 0 Å². The predicted molar refractivity (Wildman–Crippen MR) is 225 cm³/mol. The summed E-state index contributed by atoms with van der Waals surface area (Å²) in [5.41, 5.74) is -1.05. The van der Waals surface area contributed by atoms with Crippen LogP contribution < -0.4 is 10.6 Å². The Morgan fingerprint density at radius 1 is 0.417 bits per heavy atom. The average Bonchev–Trinajstić information content (AvgIpc) is 3.70. The maximum absolute atomic E-state index is 13.2. The second-order valence-electron chi connectivity index (χ2n) is 17.5. The Balaban J connectivity index is 1.01. The van der Waals surface area contributed by atoms with E-state index in [1.54, 1.807) is 55.4 Å². The topological polar surface area (TPSA) is 166 Å². The summed E-state index contributed by atoms with van der Waals surface area (Å²) >= 11 is 0. The number of benzene rings is 4. The Morgan fingerprint density at radius 3 is 0.917 bits per heavy atom. The van der Waals surface area contributed by atoms with Gasteiger partial charge in [0.15, 0.2) is 0 Å². The van der Waals surface area contributed by atoms with E-state index in [-0.39, 0.29) is 0 Å². The summed E-state index contributed by atoms with van der Waals surface area (Å²) in [6, 6.07) is 33.9. The first-order valence-corrected chi connectivity index (χ1v) is 23.7. The number of anilines is 2. The van der Waals surface area contributed by atoms with Gasteiger partial charge in [0.25, 0.3) is 0 Å². The maximum atomic E-state index is 13.2. The number of hydrogen-bond acceptors (Lipinski definition) is 14. The van der Waals surface area contributed by atoms with Crippen LogP contribution in [0.1, 0.15) is 89.2 Å². The molecule has 4 aromatic rings. The molecular weight excluding hydrogens is 810 g/mol. The van der Waals surface area contributed by atoms with Crippen LogP contribution in [0.4, 0.5) is 11.4 Å². The molecule has 4 fully saturated rings. The molecule has 0 bridgehead atoms. The van der Waals surface area contributed by atoms with E-state index < -0.39 is 72.9 Å². The van der Waals surface area contributed by atoms with Crippen molar-refractivity contribution >= 4 is 50.3 Å². The molecule has 16 heteroatoms. The van der Waals surface area contributed by atoms with Gasteiger partial charge in [-0.25, -0.2) is 0 Å². The predicted octanol–water partition coefficient (Wildman–Crippen LogP) is 9.53. The molecule has 4 heterocycles. The number of hydrogen-bond donors (Lipinski definition) is 2. The molecule has 4 aromatic carbocycles. The van der Waals surface area contributed by atoms with E-state index in [0.717, 1.165) is 11.1 Å². The van der Waals surface area contributed by atoms with Crippen LogP contribution in [0.3, 0.4) is 0 Å². The van der Waals surface area contributed by atoms with Gasteiger partial charge in [0, 0.05) is 0 Å². The molecule has 14 nitrogen and oxygen atoms in total. The minimum atomic E-state index is -5.00. The minimum absolute atomic E-state index is 0.640. The summed E-state index contributed by atoms with van der Waals surface area (Å²) in [5, 5.41) is 6.88. The van der Waals surface area contributed by atoms with Gasteiger partial charge in [-0.3, -0.25) is 0 Å². The van der Waals surface area contributed by atoms with Crippen molar-refractivity contribution in [1.29, 1.82) is 0 Å². The summed E-state index contributed by atoms with van der Waals surface area (Å²) in [5.74, 6) is -4.76. The molecule has 318 valence electrons. The van der Waals surface area contributed by atoms with E-state index >= 15 is 0 Å². The van der Waals surface area contributed by atoms with Crippen LogP contribution in [0, 0.1) is 0 Å². The van der Waals surface area contributed by atoms with Gasteiger partial charge in [-0.2, -0.15) is 0 Å². The van der Waals surface area contributed by atoms with Gasteiger partial charge in [0.2, 0.25) is 0 Å². The van der Waals surface area contributed by atoms with E-state index in [0.29, 0.717) is 35.3 Å². The van der Waals surface area contributed by atoms with Crippen LogP contribution in [0.2, 0.25) is 0 Å². The zero-order chi connectivity index (χ0) is 43.0. The summed E-state index contributed by atoms with van der Waals surface area (Å²) in [6.07, 6.45) is 1.42. The molecule has 2 unspecified atom stereocenters. The normalized spacial score (nSPS) is 25.3. The molecule has 4 aliphatic heterocycles. The van der Waals surface area contributed by atoms with Crippen molar-refractivity contribution in [3.05, 3.63) is 131 Å². The number of carbonyl (C=O) groups excluding carboxylic acids is 4. The van der Waals surface area contributed by atoms with Crippen molar-refractivity contribution in [1.82, 2.24) is 0 Å². The summed E-state index contributed by atoms with van der Waals surface area (Å²) in [4.78, 5) is 53.0. The first-order valence-electron chi connectivity index (χ1n) is 19.8. The van der Waals surface area contributed by atoms with Gasteiger partial charge >= 0.3 is 350 Å². The second kappa shape index (κ2) is 13.8. The molecule has 0 amide bonds. The monoisotopic (exact) mass is 860 g/mol. The molecule has 2 spiro atoms. The van der Waals surface area contributed by atoms with Gasteiger partial charge in [-0.15, -0.1) is 0 Å². The van der Waals surface area contributed by atoms with Gasteiger partial charge in [-0.1, -0.05) is 0 Å². The van der Waals surface area contributed by atoms with Crippen LogP contribution in [0.5, 0.6) is 0 Å². The van der Waals surface area contributed by atoms with Crippen molar-refractivity contribution in [2.24, 2.45) is 0 Å². The first-order chi connectivity index (χ1) is 28.1. The van der Waals surface area contributed by atoms with Crippen LogP contribution in [0.25, 0.3) is 0 Å². The van der Waals surface area contributed by atoms with E-state index in [9.17, 15) is 19.2 Å². The Morgan fingerprint density at radius 2 is 0.683 bits per heavy atom. The standard InChI is InChI=1S/C44H50N2O12P2/c1-41(2)37(47)51-59(55-41,52-38(48)42(3,4)56-59)35(31-15-11-9-12-16-31)45-33-25-21-29(22-26-33)19-20-30-23-27-34(28-24-30)46-36(32-17-13-10-14-18-32)60(53-39(49)43(5,6)57-60)54-40(50)44(7,8)58-60/h9-18,21-28,35-36,45-46H,19-20H2,1-8H3. The average molecular weight is 861 g/mol. The number of aryl methyl sites for hydroxylation is 2. The third-order valence-electron chi connectivity index (χ3n) is 10.8. The molecule has 4 saturated heterocycles.